The Kier molecular flexibility index (Phi) is 4.86. The second-order valence-electron chi connectivity index (χ2n) is 5.87. The maximum Gasteiger partial charge on any atom is 0.152 e. The summed E-state index contributed by atoms with van der Waals surface area (Å²) < 4.78 is 24.2. The summed E-state index contributed by atoms with van der Waals surface area (Å²) >= 11 is 2.01. The highest BCUT2D eigenvalue weighted by Gasteiger charge is 2.51. The molecule has 3 unspecified atom stereocenters. The number of rotatable bonds is 4. The highest BCUT2D eigenvalue weighted by Crippen LogP contribution is 2.41. The Morgan fingerprint density at radius 1 is 1.47 bits per heavy atom. The van der Waals surface area contributed by atoms with E-state index in [2.05, 4.69) is 11.8 Å². The van der Waals surface area contributed by atoms with Gasteiger partial charge < -0.3 is 5.73 Å². The first-order valence-electron chi connectivity index (χ1n) is 7.19. The Morgan fingerprint density at radius 2 is 2.21 bits per heavy atom. The lowest BCUT2D eigenvalue weighted by molar-refractivity contribution is 0.105. The fourth-order valence-electron chi connectivity index (χ4n) is 3.73. The van der Waals surface area contributed by atoms with Gasteiger partial charge in [-0.3, -0.25) is 4.90 Å². The molecule has 19 heavy (non-hydrogen) atoms. The van der Waals surface area contributed by atoms with Crippen LogP contribution in [0.15, 0.2) is 0 Å². The molecule has 4 nitrogen and oxygen atoms in total. The fraction of sp³-hybridized carbons (Fsp3) is 1.00. The zero-order valence-corrected chi connectivity index (χ0v) is 13.6. The van der Waals surface area contributed by atoms with Crippen LogP contribution in [0, 0.1) is 0 Å². The lowest BCUT2D eigenvalue weighted by atomic mass is 9.94. The van der Waals surface area contributed by atoms with Gasteiger partial charge in [-0.25, -0.2) is 8.42 Å². The summed E-state index contributed by atoms with van der Waals surface area (Å²) in [7, 11) is -3.02. The van der Waals surface area contributed by atoms with E-state index in [1.807, 2.05) is 11.8 Å². The van der Waals surface area contributed by atoms with Crippen molar-refractivity contribution in [2.24, 2.45) is 5.73 Å². The summed E-state index contributed by atoms with van der Waals surface area (Å²) in [6, 6.07) is 0. The van der Waals surface area contributed by atoms with Crippen LogP contribution in [0.25, 0.3) is 0 Å². The van der Waals surface area contributed by atoms with Crippen molar-refractivity contribution in [3.63, 3.8) is 0 Å². The predicted molar refractivity (Wildman–Crippen MR) is 82.4 cm³/mol. The van der Waals surface area contributed by atoms with E-state index in [0.717, 1.165) is 44.5 Å². The van der Waals surface area contributed by atoms with E-state index in [9.17, 15) is 8.42 Å². The zero-order valence-electron chi connectivity index (χ0n) is 12.0. The monoisotopic (exact) mass is 306 g/mol. The van der Waals surface area contributed by atoms with E-state index in [1.54, 1.807) is 0 Å². The molecule has 0 aromatic rings. The van der Waals surface area contributed by atoms with E-state index >= 15 is 0 Å². The molecule has 0 aromatic carbocycles. The van der Waals surface area contributed by atoms with Gasteiger partial charge in [-0.1, -0.05) is 13.3 Å². The molecular formula is C13H26N2O2S2. The molecule has 2 aliphatic rings. The van der Waals surface area contributed by atoms with Crippen molar-refractivity contribution in [1.29, 1.82) is 0 Å². The third kappa shape index (κ3) is 2.96. The summed E-state index contributed by atoms with van der Waals surface area (Å²) in [6.45, 7) is 4.64. The molecule has 1 aliphatic carbocycles. The number of nitrogens with zero attached hydrogens (tertiary/aromatic N) is 1. The molecule has 1 aliphatic heterocycles. The maximum atomic E-state index is 12.1. The molecule has 1 heterocycles. The van der Waals surface area contributed by atoms with E-state index in [1.165, 1.54) is 6.26 Å². The smallest absolute Gasteiger partial charge is 0.152 e. The molecule has 0 aromatic heterocycles. The highest BCUT2D eigenvalue weighted by molar-refractivity contribution is 8.00. The van der Waals surface area contributed by atoms with E-state index in [4.69, 9.17) is 5.73 Å². The Labute approximate surface area is 121 Å². The highest BCUT2D eigenvalue weighted by atomic mass is 32.2. The predicted octanol–water partition coefficient (Wildman–Crippen LogP) is 1.11. The van der Waals surface area contributed by atoms with Gasteiger partial charge >= 0.3 is 0 Å². The van der Waals surface area contributed by atoms with Crippen molar-refractivity contribution in [3.8, 4) is 0 Å². The van der Waals surface area contributed by atoms with Gasteiger partial charge in [-0.15, -0.1) is 0 Å². The van der Waals surface area contributed by atoms with Crippen molar-refractivity contribution in [1.82, 2.24) is 4.90 Å². The van der Waals surface area contributed by atoms with Crippen molar-refractivity contribution in [2.75, 3.05) is 31.6 Å². The van der Waals surface area contributed by atoms with Crippen LogP contribution >= 0.6 is 11.8 Å². The molecule has 112 valence electrons. The number of nitrogens with two attached hydrogens (primary N) is 1. The topological polar surface area (TPSA) is 63.4 Å². The first kappa shape index (κ1) is 15.6. The maximum absolute atomic E-state index is 12.1. The second kappa shape index (κ2) is 5.92. The normalized spacial score (nSPS) is 37.6. The first-order chi connectivity index (χ1) is 8.94. The first-order valence-corrected chi connectivity index (χ1v) is 10.2. The van der Waals surface area contributed by atoms with Gasteiger partial charge in [-0.05, 0) is 19.3 Å². The molecule has 0 amide bonds. The minimum Gasteiger partial charge on any atom is -0.329 e. The van der Waals surface area contributed by atoms with Crippen LogP contribution in [0.1, 0.15) is 32.6 Å². The molecule has 0 radical (unpaired) electrons. The molecule has 6 heteroatoms. The van der Waals surface area contributed by atoms with Gasteiger partial charge in [0, 0.05) is 42.4 Å². The summed E-state index contributed by atoms with van der Waals surface area (Å²) in [5.74, 6) is 1.09. The van der Waals surface area contributed by atoms with E-state index in [-0.39, 0.29) is 10.8 Å². The van der Waals surface area contributed by atoms with Crippen LogP contribution in [0.2, 0.25) is 0 Å². The Morgan fingerprint density at radius 3 is 2.79 bits per heavy atom. The Balaban J connectivity index is 2.26. The van der Waals surface area contributed by atoms with E-state index in [0.29, 0.717) is 11.8 Å². The molecule has 0 bridgehead atoms. The molecular weight excluding hydrogens is 280 g/mol. The van der Waals surface area contributed by atoms with Crippen molar-refractivity contribution in [2.45, 2.75) is 48.6 Å². The number of sulfone groups is 1. The minimum absolute atomic E-state index is 0.273. The van der Waals surface area contributed by atoms with Crippen molar-refractivity contribution >= 4 is 21.6 Å². The van der Waals surface area contributed by atoms with Gasteiger partial charge in [0.25, 0.3) is 0 Å². The Hall–Kier alpha value is 0.220. The van der Waals surface area contributed by atoms with Crippen LogP contribution in [-0.4, -0.2) is 61.0 Å². The molecule has 1 saturated heterocycles. The summed E-state index contributed by atoms with van der Waals surface area (Å²) in [5, 5.41) is 0.351. The Bertz CT molecular complexity index is 413. The van der Waals surface area contributed by atoms with E-state index < -0.39 is 9.84 Å². The largest absolute Gasteiger partial charge is 0.329 e. The van der Waals surface area contributed by atoms with Gasteiger partial charge in [-0.2, -0.15) is 11.8 Å². The standard InChI is InChI=1S/C13H26N2O2S2/c1-3-11-9-15(7-8-18-11)13(10-14)6-4-5-12(13)19(2,16)17/h11-12H,3-10,14H2,1-2H3. The number of hydrogen-bond acceptors (Lipinski definition) is 5. The number of thioether (sulfide) groups is 1. The molecule has 3 atom stereocenters. The quantitative estimate of drug-likeness (QED) is 0.843. The number of hydrogen-bond donors (Lipinski definition) is 1. The van der Waals surface area contributed by atoms with Gasteiger partial charge in [0.15, 0.2) is 9.84 Å². The van der Waals surface area contributed by atoms with Crippen molar-refractivity contribution < 1.29 is 8.42 Å². The van der Waals surface area contributed by atoms with Gasteiger partial charge in [0.05, 0.1) is 5.25 Å². The van der Waals surface area contributed by atoms with Crippen LogP contribution in [-0.2, 0) is 9.84 Å². The third-order valence-corrected chi connectivity index (χ3v) is 7.85. The molecule has 1 saturated carbocycles. The third-order valence-electron chi connectivity index (χ3n) is 4.77. The summed E-state index contributed by atoms with van der Waals surface area (Å²) in [6.07, 6.45) is 5.21. The SMILES string of the molecule is CCC1CN(C2(CN)CCCC2S(C)(=O)=O)CCS1. The second-order valence-corrected chi connectivity index (χ2v) is 9.50. The van der Waals surface area contributed by atoms with Crippen LogP contribution in [0.3, 0.4) is 0 Å². The van der Waals surface area contributed by atoms with Crippen molar-refractivity contribution in [3.05, 3.63) is 0 Å². The van der Waals surface area contributed by atoms with Crippen LogP contribution in [0.5, 0.6) is 0 Å². The molecule has 2 N–H and O–H groups in total. The summed E-state index contributed by atoms with van der Waals surface area (Å²) in [5.41, 5.74) is 5.76. The van der Waals surface area contributed by atoms with Crippen LogP contribution < -0.4 is 5.73 Å². The van der Waals surface area contributed by atoms with Gasteiger partial charge in [0.1, 0.15) is 0 Å². The molecule has 2 fully saturated rings. The zero-order chi connectivity index (χ0) is 14.1. The van der Waals surface area contributed by atoms with Crippen LogP contribution in [0.4, 0.5) is 0 Å². The average Bonchev–Trinajstić information content (AvgIpc) is 2.84. The average molecular weight is 306 g/mol. The summed E-state index contributed by atoms with van der Waals surface area (Å²) in [4.78, 5) is 2.40. The molecule has 2 rings (SSSR count). The molecule has 0 spiro atoms. The van der Waals surface area contributed by atoms with Gasteiger partial charge in [0.2, 0.25) is 0 Å². The fourth-order valence-corrected chi connectivity index (χ4v) is 6.67. The lowest BCUT2D eigenvalue weighted by Gasteiger charge is -2.47. The minimum atomic E-state index is -3.02. The lowest BCUT2D eigenvalue weighted by Crippen LogP contribution is -2.63.